The van der Waals surface area contributed by atoms with Crippen molar-refractivity contribution < 1.29 is 10.0 Å². The third-order valence-corrected chi connectivity index (χ3v) is 3.88. The molecule has 1 saturated carbocycles. The Kier molecular flexibility index (Phi) is 5.26. The van der Waals surface area contributed by atoms with Crippen LogP contribution < -0.4 is 10.6 Å². The van der Waals surface area contributed by atoms with Crippen LogP contribution in [0, 0.1) is 22.0 Å². The molecule has 21 heavy (non-hydrogen) atoms. The summed E-state index contributed by atoms with van der Waals surface area (Å²) in [6.45, 7) is 3.30. The van der Waals surface area contributed by atoms with Gasteiger partial charge in [0.1, 0.15) is 6.20 Å². The van der Waals surface area contributed by atoms with E-state index in [2.05, 4.69) is 20.6 Å². The minimum atomic E-state index is -0.490. The number of nitrogens with one attached hydrogen (secondary N) is 2. The molecule has 1 aromatic rings. The van der Waals surface area contributed by atoms with Crippen LogP contribution in [0.2, 0.25) is 0 Å². The maximum atomic E-state index is 11.0. The van der Waals surface area contributed by atoms with Crippen molar-refractivity contribution in [3.8, 4) is 0 Å². The molecule has 1 fully saturated rings. The summed E-state index contributed by atoms with van der Waals surface area (Å²) < 4.78 is 0. The Balaban J connectivity index is 2.09. The standard InChI is InChI=1S/C13H21N5O3/c1-2-14-13-16-7-11(18(20)21)12(17-13)15-6-9-4-3-5-10(9)8-19/h7,9-10,19H,2-6,8H2,1H3,(H2,14,15,16,17). The van der Waals surface area contributed by atoms with Gasteiger partial charge in [-0.15, -0.1) is 0 Å². The van der Waals surface area contributed by atoms with Crippen molar-refractivity contribution in [1.82, 2.24) is 9.97 Å². The Morgan fingerprint density at radius 3 is 2.86 bits per heavy atom. The molecule has 2 unspecified atom stereocenters. The number of hydrogen-bond donors (Lipinski definition) is 3. The molecule has 8 heteroatoms. The van der Waals surface area contributed by atoms with E-state index in [4.69, 9.17) is 0 Å². The van der Waals surface area contributed by atoms with Crippen molar-refractivity contribution in [1.29, 1.82) is 0 Å². The topological polar surface area (TPSA) is 113 Å². The van der Waals surface area contributed by atoms with Crippen molar-refractivity contribution in [3.63, 3.8) is 0 Å². The minimum absolute atomic E-state index is 0.129. The van der Waals surface area contributed by atoms with E-state index in [1.807, 2.05) is 6.92 Å². The van der Waals surface area contributed by atoms with Crippen LogP contribution in [0.3, 0.4) is 0 Å². The van der Waals surface area contributed by atoms with E-state index in [-0.39, 0.29) is 24.0 Å². The molecule has 0 aliphatic heterocycles. The molecule has 2 rings (SSSR count). The van der Waals surface area contributed by atoms with E-state index < -0.39 is 4.92 Å². The first-order valence-electron chi connectivity index (χ1n) is 7.25. The molecule has 1 aliphatic rings. The number of nitrogens with zero attached hydrogens (tertiary/aromatic N) is 3. The van der Waals surface area contributed by atoms with Crippen LogP contribution in [0.4, 0.5) is 17.5 Å². The third-order valence-electron chi connectivity index (χ3n) is 3.88. The fourth-order valence-corrected chi connectivity index (χ4v) is 2.73. The summed E-state index contributed by atoms with van der Waals surface area (Å²) in [6, 6.07) is 0. The van der Waals surface area contributed by atoms with Gasteiger partial charge in [0.2, 0.25) is 11.8 Å². The predicted octanol–water partition coefficient (Wildman–Crippen LogP) is 1.64. The van der Waals surface area contributed by atoms with Crippen LogP contribution >= 0.6 is 0 Å². The quantitative estimate of drug-likeness (QED) is 0.517. The zero-order valence-electron chi connectivity index (χ0n) is 12.1. The van der Waals surface area contributed by atoms with E-state index in [0.29, 0.717) is 25.0 Å². The van der Waals surface area contributed by atoms with Crippen LogP contribution in [0.1, 0.15) is 26.2 Å². The Morgan fingerprint density at radius 2 is 2.19 bits per heavy atom. The number of anilines is 2. The Hall–Kier alpha value is -1.96. The molecular weight excluding hydrogens is 274 g/mol. The van der Waals surface area contributed by atoms with Crippen molar-refractivity contribution in [3.05, 3.63) is 16.3 Å². The molecule has 0 bridgehead atoms. The van der Waals surface area contributed by atoms with Gasteiger partial charge >= 0.3 is 5.69 Å². The van der Waals surface area contributed by atoms with Gasteiger partial charge in [0.15, 0.2) is 0 Å². The largest absolute Gasteiger partial charge is 0.396 e. The first kappa shape index (κ1) is 15.4. The van der Waals surface area contributed by atoms with Crippen LogP contribution in [0.25, 0.3) is 0 Å². The van der Waals surface area contributed by atoms with Gasteiger partial charge in [-0.1, -0.05) is 6.42 Å². The lowest BCUT2D eigenvalue weighted by Gasteiger charge is -2.18. The second-order valence-electron chi connectivity index (χ2n) is 5.23. The molecular formula is C13H21N5O3. The molecule has 0 saturated heterocycles. The van der Waals surface area contributed by atoms with E-state index in [1.54, 1.807) is 0 Å². The number of aromatic nitrogens is 2. The summed E-state index contributed by atoms with van der Waals surface area (Å²) >= 11 is 0. The van der Waals surface area contributed by atoms with E-state index in [0.717, 1.165) is 19.3 Å². The molecule has 1 aliphatic carbocycles. The molecule has 0 aromatic carbocycles. The summed E-state index contributed by atoms with van der Waals surface area (Å²) in [5.41, 5.74) is -0.129. The Labute approximate surface area is 123 Å². The average Bonchev–Trinajstić information content (AvgIpc) is 2.92. The first-order chi connectivity index (χ1) is 10.2. The van der Waals surface area contributed by atoms with Gasteiger partial charge in [-0.2, -0.15) is 4.98 Å². The summed E-state index contributed by atoms with van der Waals surface area (Å²) in [5, 5.41) is 26.3. The second-order valence-corrected chi connectivity index (χ2v) is 5.23. The lowest BCUT2D eigenvalue weighted by molar-refractivity contribution is -0.384. The van der Waals surface area contributed by atoms with Gasteiger partial charge in [0.05, 0.1) is 4.92 Å². The number of nitro groups is 1. The zero-order chi connectivity index (χ0) is 15.2. The summed E-state index contributed by atoms with van der Waals surface area (Å²) in [7, 11) is 0. The summed E-state index contributed by atoms with van der Waals surface area (Å²) in [5.74, 6) is 1.20. The normalized spacial score (nSPS) is 21.2. The van der Waals surface area contributed by atoms with Gasteiger partial charge < -0.3 is 15.7 Å². The molecule has 1 heterocycles. The first-order valence-corrected chi connectivity index (χ1v) is 7.25. The molecule has 0 spiro atoms. The van der Waals surface area contributed by atoms with Crippen LogP contribution in [0.15, 0.2) is 6.20 Å². The number of aliphatic hydroxyl groups is 1. The SMILES string of the molecule is CCNc1ncc([N+](=O)[O-])c(NCC2CCCC2CO)n1. The fraction of sp³-hybridized carbons (Fsp3) is 0.692. The maximum absolute atomic E-state index is 11.0. The Bertz CT molecular complexity index is 497. The zero-order valence-corrected chi connectivity index (χ0v) is 12.1. The van der Waals surface area contributed by atoms with Crippen LogP contribution in [0.5, 0.6) is 0 Å². The molecule has 1 aromatic heterocycles. The van der Waals surface area contributed by atoms with Gasteiger partial charge in [-0.05, 0) is 31.6 Å². The second kappa shape index (κ2) is 7.16. The molecule has 0 radical (unpaired) electrons. The highest BCUT2D eigenvalue weighted by Crippen LogP contribution is 2.32. The molecule has 3 N–H and O–H groups in total. The Morgan fingerprint density at radius 1 is 1.43 bits per heavy atom. The minimum Gasteiger partial charge on any atom is -0.396 e. The molecule has 0 amide bonds. The lowest BCUT2D eigenvalue weighted by atomic mass is 9.97. The van der Waals surface area contributed by atoms with E-state index >= 15 is 0 Å². The van der Waals surface area contributed by atoms with Gasteiger partial charge in [0, 0.05) is 19.7 Å². The molecule has 116 valence electrons. The number of aliphatic hydroxyl groups excluding tert-OH is 1. The van der Waals surface area contributed by atoms with Crippen molar-refractivity contribution in [2.24, 2.45) is 11.8 Å². The molecule has 2 atom stereocenters. The maximum Gasteiger partial charge on any atom is 0.329 e. The highest BCUT2D eigenvalue weighted by Gasteiger charge is 2.27. The summed E-state index contributed by atoms with van der Waals surface area (Å²) in [4.78, 5) is 18.6. The fourth-order valence-electron chi connectivity index (χ4n) is 2.73. The summed E-state index contributed by atoms with van der Waals surface area (Å²) in [6.07, 6.45) is 4.34. The van der Waals surface area contributed by atoms with E-state index in [9.17, 15) is 15.2 Å². The van der Waals surface area contributed by atoms with Crippen molar-refractivity contribution in [2.75, 3.05) is 30.3 Å². The highest BCUT2D eigenvalue weighted by atomic mass is 16.6. The number of hydrogen-bond acceptors (Lipinski definition) is 7. The van der Waals surface area contributed by atoms with Crippen molar-refractivity contribution in [2.45, 2.75) is 26.2 Å². The van der Waals surface area contributed by atoms with E-state index in [1.165, 1.54) is 6.20 Å². The average molecular weight is 295 g/mol. The van der Waals surface area contributed by atoms with Gasteiger partial charge in [-0.25, -0.2) is 4.98 Å². The third kappa shape index (κ3) is 3.78. The van der Waals surface area contributed by atoms with Crippen LogP contribution in [-0.2, 0) is 0 Å². The smallest absolute Gasteiger partial charge is 0.329 e. The van der Waals surface area contributed by atoms with Gasteiger partial charge in [-0.3, -0.25) is 10.1 Å². The molecule has 8 nitrogen and oxygen atoms in total. The van der Waals surface area contributed by atoms with Gasteiger partial charge in [0.25, 0.3) is 0 Å². The van der Waals surface area contributed by atoms with Crippen LogP contribution in [-0.4, -0.2) is 39.7 Å². The lowest BCUT2D eigenvalue weighted by Crippen LogP contribution is -2.22. The monoisotopic (exact) mass is 295 g/mol. The predicted molar refractivity (Wildman–Crippen MR) is 79.3 cm³/mol. The van der Waals surface area contributed by atoms with Crippen molar-refractivity contribution >= 4 is 17.5 Å². The number of rotatable bonds is 7. The highest BCUT2D eigenvalue weighted by molar-refractivity contribution is 5.56.